The Morgan fingerprint density at radius 2 is 2.05 bits per heavy atom. The molecule has 1 aliphatic carbocycles. The molecule has 0 aromatic heterocycles. The van der Waals surface area contributed by atoms with Crippen LogP contribution in [0.15, 0.2) is 23.1 Å². The number of benzene rings is 1. The zero-order chi connectivity index (χ0) is 15.6. The maximum absolute atomic E-state index is 13.8. The molecule has 116 valence electrons. The first-order chi connectivity index (χ1) is 9.79. The van der Waals surface area contributed by atoms with Crippen LogP contribution in [0.2, 0.25) is 0 Å². The highest BCUT2D eigenvalue weighted by molar-refractivity contribution is 7.89. The van der Waals surface area contributed by atoms with Gasteiger partial charge in [-0.05, 0) is 43.9 Å². The van der Waals surface area contributed by atoms with E-state index in [1.807, 2.05) is 0 Å². The second kappa shape index (κ2) is 6.08. The number of hydrogen-bond acceptors (Lipinski definition) is 4. The van der Waals surface area contributed by atoms with Gasteiger partial charge in [0.1, 0.15) is 10.7 Å². The molecule has 0 aliphatic heterocycles. The van der Waals surface area contributed by atoms with Gasteiger partial charge in [0.05, 0.1) is 11.7 Å². The summed E-state index contributed by atoms with van der Waals surface area (Å²) in [5.41, 5.74) is -0.320. The third-order valence-electron chi connectivity index (χ3n) is 3.44. The van der Waals surface area contributed by atoms with Crippen LogP contribution in [0.5, 0.6) is 0 Å². The first kappa shape index (κ1) is 15.9. The monoisotopic (exact) mass is 317 g/mol. The van der Waals surface area contributed by atoms with E-state index in [0.29, 0.717) is 25.3 Å². The van der Waals surface area contributed by atoms with E-state index in [1.54, 1.807) is 0 Å². The Labute approximate surface area is 121 Å². The molecule has 2 atom stereocenters. The van der Waals surface area contributed by atoms with Crippen LogP contribution < -0.4 is 4.72 Å². The van der Waals surface area contributed by atoms with Crippen LogP contribution in [0.4, 0.5) is 4.39 Å². The van der Waals surface area contributed by atoms with Gasteiger partial charge >= 0.3 is 5.97 Å². The molecule has 6 nitrogen and oxygen atoms in total. The summed E-state index contributed by atoms with van der Waals surface area (Å²) in [4.78, 5) is 10.1. The fourth-order valence-electron chi connectivity index (χ4n) is 2.41. The van der Waals surface area contributed by atoms with Crippen molar-refractivity contribution in [3.63, 3.8) is 0 Å². The topological polar surface area (TPSA) is 104 Å². The van der Waals surface area contributed by atoms with Gasteiger partial charge in [-0.1, -0.05) is 0 Å². The molecular weight excluding hydrogens is 301 g/mol. The average Bonchev–Trinajstić information content (AvgIpc) is 2.37. The molecule has 0 saturated heterocycles. The van der Waals surface area contributed by atoms with Crippen molar-refractivity contribution in [2.24, 2.45) is 0 Å². The van der Waals surface area contributed by atoms with Crippen molar-refractivity contribution in [2.75, 3.05) is 0 Å². The number of sulfonamides is 1. The fourth-order valence-corrected chi connectivity index (χ4v) is 3.75. The largest absolute Gasteiger partial charge is 0.478 e. The number of nitrogens with one attached hydrogen (secondary N) is 1. The number of aliphatic hydroxyl groups excluding tert-OH is 1. The first-order valence-electron chi connectivity index (χ1n) is 6.53. The van der Waals surface area contributed by atoms with Crippen LogP contribution in [-0.4, -0.2) is 36.7 Å². The van der Waals surface area contributed by atoms with E-state index < -0.39 is 38.9 Å². The molecule has 21 heavy (non-hydrogen) atoms. The Kier molecular flexibility index (Phi) is 4.60. The van der Waals surface area contributed by atoms with Gasteiger partial charge in [-0.3, -0.25) is 0 Å². The van der Waals surface area contributed by atoms with Gasteiger partial charge in [-0.15, -0.1) is 0 Å². The molecule has 1 aromatic rings. The molecule has 0 bridgehead atoms. The van der Waals surface area contributed by atoms with Gasteiger partial charge in [0, 0.05) is 6.04 Å². The fraction of sp³-hybridized carbons (Fsp3) is 0.462. The summed E-state index contributed by atoms with van der Waals surface area (Å²) in [7, 11) is -4.09. The van der Waals surface area contributed by atoms with E-state index in [-0.39, 0.29) is 12.0 Å². The van der Waals surface area contributed by atoms with Crippen LogP contribution in [0, 0.1) is 5.82 Å². The highest BCUT2D eigenvalue weighted by atomic mass is 32.2. The molecule has 1 fully saturated rings. The quantitative estimate of drug-likeness (QED) is 0.771. The lowest BCUT2D eigenvalue weighted by Gasteiger charge is -2.26. The summed E-state index contributed by atoms with van der Waals surface area (Å²) in [6.07, 6.45) is 1.61. The van der Waals surface area contributed by atoms with E-state index in [4.69, 9.17) is 5.11 Å². The van der Waals surface area contributed by atoms with Crippen LogP contribution in [0.25, 0.3) is 0 Å². The molecule has 2 unspecified atom stereocenters. The van der Waals surface area contributed by atoms with Gasteiger partial charge in [0.25, 0.3) is 0 Å². The van der Waals surface area contributed by atoms with E-state index in [2.05, 4.69) is 4.72 Å². The van der Waals surface area contributed by atoms with Crippen LogP contribution >= 0.6 is 0 Å². The highest BCUT2D eigenvalue weighted by Crippen LogP contribution is 2.22. The van der Waals surface area contributed by atoms with Crippen LogP contribution in [-0.2, 0) is 10.0 Å². The lowest BCUT2D eigenvalue weighted by Crippen LogP contribution is -2.40. The third-order valence-corrected chi connectivity index (χ3v) is 4.99. The SMILES string of the molecule is O=C(O)c1ccc(S(=O)(=O)NC2CCCC(O)C2)c(F)c1. The van der Waals surface area contributed by atoms with E-state index in [9.17, 15) is 22.7 Å². The number of aromatic carboxylic acids is 1. The predicted molar refractivity (Wildman–Crippen MR) is 71.9 cm³/mol. The Balaban J connectivity index is 2.21. The minimum absolute atomic E-state index is 0.286. The van der Waals surface area contributed by atoms with E-state index in [0.717, 1.165) is 12.1 Å². The predicted octanol–water partition coefficient (Wildman–Crippen LogP) is 1.11. The maximum Gasteiger partial charge on any atom is 0.335 e. The lowest BCUT2D eigenvalue weighted by atomic mass is 9.94. The molecule has 0 heterocycles. The Hall–Kier alpha value is -1.51. The molecule has 0 spiro atoms. The van der Waals surface area contributed by atoms with E-state index >= 15 is 0 Å². The number of rotatable bonds is 4. The smallest absolute Gasteiger partial charge is 0.335 e. The molecule has 2 rings (SSSR count). The normalized spacial score (nSPS) is 23.0. The molecule has 1 aromatic carbocycles. The molecule has 1 saturated carbocycles. The van der Waals surface area contributed by atoms with Gasteiger partial charge in [0.15, 0.2) is 0 Å². The minimum Gasteiger partial charge on any atom is -0.478 e. The third kappa shape index (κ3) is 3.78. The summed E-state index contributed by atoms with van der Waals surface area (Å²) < 4.78 is 40.4. The average molecular weight is 317 g/mol. The molecule has 1 aliphatic rings. The van der Waals surface area contributed by atoms with Gasteiger partial charge in [-0.25, -0.2) is 22.3 Å². The lowest BCUT2D eigenvalue weighted by molar-refractivity contribution is 0.0696. The Morgan fingerprint density at radius 3 is 2.62 bits per heavy atom. The number of carboxylic acid groups (broad SMARTS) is 1. The number of aliphatic hydroxyl groups is 1. The zero-order valence-electron chi connectivity index (χ0n) is 11.1. The highest BCUT2D eigenvalue weighted by Gasteiger charge is 2.27. The summed E-state index contributed by atoms with van der Waals surface area (Å²) in [6.45, 7) is 0. The molecule has 0 radical (unpaired) electrons. The van der Waals surface area contributed by atoms with Crippen molar-refractivity contribution >= 4 is 16.0 Å². The molecular formula is C13H16FNO5S. The summed E-state index contributed by atoms with van der Waals surface area (Å²) in [5.74, 6) is -2.44. The van der Waals surface area contributed by atoms with Crippen LogP contribution in [0.3, 0.4) is 0 Å². The van der Waals surface area contributed by atoms with Crippen molar-refractivity contribution in [3.05, 3.63) is 29.6 Å². The maximum atomic E-state index is 13.8. The Bertz CT molecular complexity index is 646. The van der Waals surface area contributed by atoms with Gasteiger partial charge < -0.3 is 10.2 Å². The number of halogens is 1. The molecule has 3 N–H and O–H groups in total. The number of carbonyl (C=O) groups is 1. The van der Waals surface area contributed by atoms with Gasteiger partial charge in [0.2, 0.25) is 10.0 Å². The molecule has 0 amide bonds. The zero-order valence-corrected chi connectivity index (χ0v) is 11.9. The second-order valence-corrected chi connectivity index (χ2v) is 6.77. The van der Waals surface area contributed by atoms with Crippen molar-refractivity contribution < 1.29 is 27.8 Å². The molecule has 8 heteroatoms. The van der Waals surface area contributed by atoms with Crippen molar-refractivity contribution in [1.29, 1.82) is 0 Å². The van der Waals surface area contributed by atoms with Crippen molar-refractivity contribution in [2.45, 2.75) is 42.7 Å². The number of carboxylic acids is 1. The van der Waals surface area contributed by atoms with Gasteiger partial charge in [-0.2, -0.15) is 0 Å². The second-order valence-electron chi connectivity index (χ2n) is 5.09. The van der Waals surface area contributed by atoms with Crippen molar-refractivity contribution in [3.8, 4) is 0 Å². The number of hydrogen-bond donors (Lipinski definition) is 3. The van der Waals surface area contributed by atoms with Crippen molar-refractivity contribution in [1.82, 2.24) is 4.72 Å². The minimum atomic E-state index is -4.09. The standard InChI is InChI=1S/C13H16FNO5S/c14-11-6-8(13(17)18)4-5-12(11)21(19,20)15-9-2-1-3-10(16)7-9/h4-6,9-10,15-16H,1-3,7H2,(H,17,18). The summed E-state index contributed by atoms with van der Waals surface area (Å²) in [5, 5.41) is 18.3. The Morgan fingerprint density at radius 1 is 1.33 bits per heavy atom. The summed E-state index contributed by atoms with van der Waals surface area (Å²) >= 11 is 0. The summed E-state index contributed by atoms with van der Waals surface area (Å²) in [6, 6.07) is 2.19. The van der Waals surface area contributed by atoms with E-state index in [1.165, 1.54) is 0 Å². The van der Waals surface area contributed by atoms with Crippen LogP contribution in [0.1, 0.15) is 36.0 Å². The first-order valence-corrected chi connectivity index (χ1v) is 8.01.